The molecule has 158 valence electrons. The Morgan fingerprint density at radius 1 is 1.29 bits per heavy atom. The molecule has 2 aromatic heterocycles. The second kappa shape index (κ2) is 7.36. The second-order valence-corrected chi connectivity index (χ2v) is 7.64. The Hall–Kier alpha value is -4.00. The summed E-state index contributed by atoms with van der Waals surface area (Å²) in [5.41, 5.74) is 1.17. The van der Waals surface area contributed by atoms with E-state index in [9.17, 15) is 10.1 Å². The molecule has 0 saturated heterocycles. The average Bonchev–Trinajstić information content (AvgIpc) is 3.45. The molecule has 1 amide bonds. The van der Waals surface area contributed by atoms with Gasteiger partial charge in [0.1, 0.15) is 30.5 Å². The van der Waals surface area contributed by atoms with Gasteiger partial charge >= 0.3 is 0 Å². The number of para-hydroxylation sites is 1. The number of aromatic nitrogens is 3. The molecule has 2 aliphatic rings. The van der Waals surface area contributed by atoms with Crippen molar-refractivity contribution in [1.29, 1.82) is 5.26 Å². The van der Waals surface area contributed by atoms with Crippen molar-refractivity contribution in [2.45, 2.75) is 19.3 Å². The number of hydrogen-bond acceptors (Lipinski definition) is 8. The summed E-state index contributed by atoms with van der Waals surface area (Å²) in [6.45, 7) is 0.986. The van der Waals surface area contributed by atoms with E-state index in [-0.39, 0.29) is 12.3 Å². The maximum absolute atomic E-state index is 12.5. The van der Waals surface area contributed by atoms with Gasteiger partial charge in [-0.1, -0.05) is 6.07 Å². The second-order valence-electron chi connectivity index (χ2n) is 7.64. The monoisotopic (exact) mass is 419 g/mol. The lowest BCUT2D eigenvalue weighted by Gasteiger charge is -2.21. The predicted octanol–water partition coefficient (Wildman–Crippen LogP) is 2.92. The third-order valence-electron chi connectivity index (χ3n) is 5.42. The molecule has 3 N–H and O–H groups in total. The van der Waals surface area contributed by atoms with E-state index in [1.165, 1.54) is 0 Å². The third kappa shape index (κ3) is 3.54. The molecular weight excluding hydrogens is 398 g/mol. The molecule has 1 aliphatic heterocycles. The van der Waals surface area contributed by atoms with Crippen molar-refractivity contribution >= 4 is 34.6 Å². The Bertz CT molecular complexity index is 1210. The molecule has 0 atom stereocenters. The Morgan fingerprint density at radius 2 is 2.13 bits per heavy atom. The lowest BCUT2D eigenvalue weighted by atomic mass is 10.0. The van der Waals surface area contributed by atoms with E-state index < -0.39 is 5.41 Å². The Kier molecular flexibility index (Phi) is 4.51. The van der Waals surface area contributed by atoms with Gasteiger partial charge in [0.2, 0.25) is 5.91 Å². The highest BCUT2D eigenvalue weighted by Crippen LogP contribution is 2.48. The smallest absolute Gasteiger partial charge is 0.226 e. The molecule has 3 aromatic rings. The van der Waals surface area contributed by atoms with Crippen LogP contribution < -0.4 is 25.4 Å². The van der Waals surface area contributed by atoms with Crippen LogP contribution in [0.1, 0.15) is 19.3 Å². The van der Waals surface area contributed by atoms with Gasteiger partial charge in [0, 0.05) is 19.5 Å². The first kappa shape index (κ1) is 19.0. The van der Waals surface area contributed by atoms with Crippen molar-refractivity contribution < 1.29 is 14.3 Å². The molecule has 5 rings (SSSR count). The van der Waals surface area contributed by atoms with Gasteiger partial charge in [0.05, 0.1) is 23.4 Å². The molecule has 1 fully saturated rings. The first-order valence-electron chi connectivity index (χ1n) is 10.0. The lowest BCUT2D eigenvalue weighted by Crippen LogP contribution is -2.17. The van der Waals surface area contributed by atoms with E-state index in [0.717, 1.165) is 18.5 Å². The van der Waals surface area contributed by atoms with E-state index in [0.29, 0.717) is 47.7 Å². The van der Waals surface area contributed by atoms with Gasteiger partial charge in [-0.05, 0) is 25.0 Å². The number of amides is 1. The minimum atomic E-state index is -0.516. The van der Waals surface area contributed by atoms with Crippen LogP contribution in [0.5, 0.6) is 11.5 Å². The van der Waals surface area contributed by atoms with Crippen LogP contribution in [0.25, 0.3) is 5.65 Å². The fourth-order valence-corrected chi connectivity index (χ4v) is 3.58. The summed E-state index contributed by atoms with van der Waals surface area (Å²) < 4.78 is 13.0. The molecule has 0 radical (unpaired) electrons. The van der Waals surface area contributed by atoms with Crippen LogP contribution in [0.3, 0.4) is 0 Å². The van der Waals surface area contributed by atoms with Crippen LogP contribution in [0.4, 0.5) is 23.0 Å². The molecule has 10 nitrogen and oxygen atoms in total. The number of nitrogens with zero attached hydrogens (tertiary/aromatic N) is 4. The fraction of sp³-hybridized carbons (Fsp3) is 0.333. The van der Waals surface area contributed by atoms with Crippen LogP contribution >= 0.6 is 0 Å². The zero-order valence-electron chi connectivity index (χ0n) is 16.9. The first-order valence-corrected chi connectivity index (χ1v) is 10.0. The van der Waals surface area contributed by atoms with Gasteiger partial charge in [0.25, 0.3) is 0 Å². The molecule has 10 heteroatoms. The number of carbonyl (C=O) groups is 1. The fourth-order valence-electron chi connectivity index (χ4n) is 3.58. The number of nitrogens with one attached hydrogen (secondary N) is 3. The van der Waals surface area contributed by atoms with Crippen LogP contribution in [-0.2, 0) is 4.79 Å². The highest BCUT2D eigenvalue weighted by Gasteiger charge is 2.45. The number of ether oxygens (including phenoxy) is 2. The van der Waals surface area contributed by atoms with Crippen LogP contribution in [0, 0.1) is 16.7 Å². The molecule has 31 heavy (non-hydrogen) atoms. The molecule has 1 aliphatic carbocycles. The number of nitriles is 1. The summed E-state index contributed by atoms with van der Waals surface area (Å²) in [6, 6.07) is 9.66. The number of carbonyl (C=O) groups excluding carboxylic acids is 1. The number of hydrogen-bond donors (Lipinski definition) is 3. The molecule has 0 unspecified atom stereocenters. The molecule has 0 bridgehead atoms. The SMILES string of the molecule is CNc1cc(Nc2cccc3c2OCCO3)nc2c(NC(=O)CC3(C#N)CC3)cnn12. The number of benzene rings is 1. The summed E-state index contributed by atoms with van der Waals surface area (Å²) in [4.78, 5) is 17.1. The third-order valence-corrected chi connectivity index (χ3v) is 5.42. The van der Waals surface area contributed by atoms with E-state index in [1.54, 1.807) is 17.8 Å². The normalized spacial score (nSPS) is 15.7. The van der Waals surface area contributed by atoms with E-state index in [4.69, 9.17) is 9.47 Å². The minimum Gasteiger partial charge on any atom is -0.486 e. The largest absolute Gasteiger partial charge is 0.486 e. The lowest BCUT2D eigenvalue weighted by molar-refractivity contribution is -0.116. The molecule has 1 saturated carbocycles. The molecule has 0 spiro atoms. The molecule has 3 heterocycles. The topological polar surface area (TPSA) is 126 Å². The maximum atomic E-state index is 12.5. The van der Waals surface area contributed by atoms with E-state index >= 15 is 0 Å². The summed E-state index contributed by atoms with van der Waals surface area (Å²) in [5, 5.41) is 22.8. The van der Waals surface area contributed by atoms with E-state index in [2.05, 4.69) is 32.1 Å². The van der Waals surface area contributed by atoms with Crippen molar-refractivity contribution in [3.05, 3.63) is 30.5 Å². The Balaban J connectivity index is 1.45. The summed E-state index contributed by atoms with van der Waals surface area (Å²) >= 11 is 0. The Morgan fingerprint density at radius 3 is 2.90 bits per heavy atom. The first-order chi connectivity index (χ1) is 15.1. The van der Waals surface area contributed by atoms with Crippen molar-refractivity contribution in [2.24, 2.45) is 5.41 Å². The van der Waals surface area contributed by atoms with Crippen LogP contribution in [0.15, 0.2) is 30.5 Å². The Labute approximate surface area is 178 Å². The van der Waals surface area contributed by atoms with Gasteiger partial charge in [-0.15, -0.1) is 0 Å². The standard InChI is InChI=1S/C21H21N7O3/c1-23-17-9-16(25-13-3-2-4-15-19(13)31-8-7-30-15)27-20-14(11-24-28(17)20)26-18(29)10-21(12-22)5-6-21/h2-4,9,11,23H,5-8,10H2,1H3,(H,25,27)(H,26,29). The van der Waals surface area contributed by atoms with E-state index in [1.807, 2.05) is 24.3 Å². The van der Waals surface area contributed by atoms with Crippen molar-refractivity contribution in [3.63, 3.8) is 0 Å². The van der Waals surface area contributed by atoms with Crippen molar-refractivity contribution in [3.8, 4) is 17.6 Å². The molecular formula is C21H21N7O3. The zero-order valence-corrected chi connectivity index (χ0v) is 16.9. The highest BCUT2D eigenvalue weighted by atomic mass is 16.6. The van der Waals surface area contributed by atoms with Crippen molar-refractivity contribution in [2.75, 3.05) is 36.2 Å². The summed E-state index contributed by atoms with van der Waals surface area (Å²) in [5.74, 6) is 2.32. The number of anilines is 4. The van der Waals surface area contributed by atoms with Gasteiger partial charge in [0.15, 0.2) is 17.1 Å². The van der Waals surface area contributed by atoms with Gasteiger partial charge in [-0.25, -0.2) is 4.98 Å². The van der Waals surface area contributed by atoms with Gasteiger partial charge < -0.3 is 25.4 Å². The maximum Gasteiger partial charge on any atom is 0.226 e. The number of fused-ring (bicyclic) bond motifs is 2. The predicted molar refractivity (Wildman–Crippen MR) is 114 cm³/mol. The van der Waals surface area contributed by atoms with Crippen molar-refractivity contribution in [1.82, 2.24) is 14.6 Å². The highest BCUT2D eigenvalue weighted by molar-refractivity contribution is 5.95. The van der Waals surface area contributed by atoms with Crippen LogP contribution in [0.2, 0.25) is 0 Å². The zero-order chi connectivity index (χ0) is 21.4. The summed E-state index contributed by atoms with van der Waals surface area (Å²) in [7, 11) is 1.78. The quantitative estimate of drug-likeness (QED) is 0.557. The van der Waals surface area contributed by atoms with Crippen LogP contribution in [-0.4, -0.2) is 40.8 Å². The molecule has 1 aromatic carbocycles. The number of rotatable bonds is 6. The minimum absolute atomic E-state index is 0.172. The average molecular weight is 419 g/mol. The van der Waals surface area contributed by atoms with Gasteiger partial charge in [-0.2, -0.15) is 14.9 Å². The summed E-state index contributed by atoms with van der Waals surface area (Å²) in [6.07, 6.45) is 3.24. The van der Waals surface area contributed by atoms with Gasteiger partial charge in [-0.3, -0.25) is 4.79 Å².